The molecule has 2 heterocycles. The van der Waals surface area contributed by atoms with Crippen LogP contribution in [0.15, 0.2) is 35.7 Å². The molecule has 0 unspecified atom stereocenters. The molecule has 122 valence electrons. The maximum atomic E-state index is 12.5. The van der Waals surface area contributed by atoms with E-state index < -0.39 is 0 Å². The first-order chi connectivity index (χ1) is 11.7. The summed E-state index contributed by atoms with van der Waals surface area (Å²) in [6.07, 6.45) is 3.19. The van der Waals surface area contributed by atoms with Crippen LogP contribution >= 0.6 is 22.7 Å². The molecule has 1 saturated carbocycles. The Hall–Kier alpha value is -2.05. The molecule has 2 aromatic heterocycles. The summed E-state index contributed by atoms with van der Waals surface area (Å²) in [6, 6.07) is 10.2. The van der Waals surface area contributed by atoms with Crippen molar-refractivity contribution >= 4 is 33.7 Å². The number of nitrogens with one attached hydrogen (secondary N) is 1. The molecule has 0 atom stereocenters. The minimum atomic E-state index is -0.110. The molecule has 0 saturated heterocycles. The first kappa shape index (κ1) is 15.5. The third kappa shape index (κ3) is 3.39. The molecule has 1 fully saturated rings. The molecule has 6 heteroatoms. The van der Waals surface area contributed by atoms with Crippen LogP contribution in [-0.4, -0.2) is 15.9 Å². The van der Waals surface area contributed by atoms with E-state index in [4.69, 9.17) is 0 Å². The summed E-state index contributed by atoms with van der Waals surface area (Å²) in [5, 5.41) is 6.61. The fourth-order valence-corrected chi connectivity index (χ4v) is 4.35. The van der Waals surface area contributed by atoms with Crippen molar-refractivity contribution in [1.82, 2.24) is 9.97 Å². The Kier molecular flexibility index (Phi) is 4.16. The van der Waals surface area contributed by atoms with Gasteiger partial charge >= 0.3 is 0 Å². The number of thiazole rings is 2. The van der Waals surface area contributed by atoms with Gasteiger partial charge in [0.15, 0.2) is 5.13 Å². The van der Waals surface area contributed by atoms with Gasteiger partial charge in [-0.25, -0.2) is 9.97 Å². The van der Waals surface area contributed by atoms with Crippen LogP contribution in [0.5, 0.6) is 0 Å². The first-order valence-electron chi connectivity index (χ1n) is 7.96. The highest BCUT2D eigenvalue weighted by Crippen LogP contribution is 2.41. The molecule has 0 bridgehead atoms. The average molecular weight is 355 g/mol. The number of amides is 1. The smallest absolute Gasteiger partial charge is 0.269 e. The van der Waals surface area contributed by atoms with Crippen LogP contribution in [-0.2, 0) is 6.42 Å². The summed E-state index contributed by atoms with van der Waals surface area (Å²) in [5.41, 5.74) is 3.09. The molecule has 1 N–H and O–H groups in total. The second-order valence-electron chi connectivity index (χ2n) is 5.99. The summed E-state index contributed by atoms with van der Waals surface area (Å²) < 4.78 is 0. The Morgan fingerprint density at radius 2 is 2.04 bits per heavy atom. The number of anilines is 1. The van der Waals surface area contributed by atoms with Crippen molar-refractivity contribution in [3.63, 3.8) is 0 Å². The lowest BCUT2D eigenvalue weighted by atomic mass is 10.2. The van der Waals surface area contributed by atoms with Crippen molar-refractivity contribution < 1.29 is 4.79 Å². The second kappa shape index (κ2) is 6.45. The van der Waals surface area contributed by atoms with E-state index in [1.54, 1.807) is 0 Å². The predicted molar refractivity (Wildman–Crippen MR) is 98.1 cm³/mol. The number of carbonyl (C=O) groups is 1. The van der Waals surface area contributed by atoms with Gasteiger partial charge in [-0.1, -0.05) is 30.3 Å². The van der Waals surface area contributed by atoms with Gasteiger partial charge in [0, 0.05) is 17.7 Å². The quantitative estimate of drug-likeness (QED) is 0.726. The molecular weight excluding hydrogens is 338 g/mol. The largest absolute Gasteiger partial charge is 0.297 e. The highest BCUT2D eigenvalue weighted by molar-refractivity contribution is 7.15. The van der Waals surface area contributed by atoms with Gasteiger partial charge in [-0.2, -0.15) is 0 Å². The number of hydrogen-bond acceptors (Lipinski definition) is 5. The molecule has 0 aliphatic heterocycles. The van der Waals surface area contributed by atoms with Gasteiger partial charge in [-0.05, 0) is 25.3 Å². The van der Waals surface area contributed by atoms with Crippen molar-refractivity contribution in [1.29, 1.82) is 0 Å². The summed E-state index contributed by atoms with van der Waals surface area (Å²) in [5.74, 6) is 0.496. The number of aromatic nitrogens is 2. The van der Waals surface area contributed by atoms with Gasteiger partial charge < -0.3 is 0 Å². The van der Waals surface area contributed by atoms with Crippen LogP contribution < -0.4 is 5.32 Å². The third-order valence-corrected chi connectivity index (χ3v) is 5.92. The molecule has 1 aromatic carbocycles. The fraction of sp³-hybridized carbons (Fsp3) is 0.278. The van der Waals surface area contributed by atoms with Crippen LogP contribution in [0.25, 0.3) is 0 Å². The van der Waals surface area contributed by atoms with Gasteiger partial charge in [0.1, 0.15) is 4.88 Å². The fourth-order valence-electron chi connectivity index (χ4n) is 2.57. The minimum absolute atomic E-state index is 0.110. The Labute approximate surface area is 148 Å². The SMILES string of the molecule is Cc1nc(Cc2ccccc2)sc1C(=O)Nc1nc(C2CC2)cs1. The van der Waals surface area contributed by atoms with E-state index in [-0.39, 0.29) is 5.91 Å². The van der Waals surface area contributed by atoms with Crippen LogP contribution in [0.3, 0.4) is 0 Å². The maximum Gasteiger partial charge on any atom is 0.269 e. The summed E-state index contributed by atoms with van der Waals surface area (Å²) in [4.78, 5) is 22.3. The van der Waals surface area contributed by atoms with Gasteiger partial charge in [-0.3, -0.25) is 10.1 Å². The summed E-state index contributed by atoms with van der Waals surface area (Å²) in [6.45, 7) is 1.89. The van der Waals surface area contributed by atoms with Gasteiger partial charge in [0.2, 0.25) is 0 Å². The lowest BCUT2D eigenvalue weighted by Gasteiger charge is -1.99. The van der Waals surface area contributed by atoms with E-state index in [2.05, 4.69) is 27.4 Å². The van der Waals surface area contributed by atoms with E-state index in [0.29, 0.717) is 15.9 Å². The number of benzene rings is 1. The lowest BCUT2D eigenvalue weighted by Crippen LogP contribution is -2.11. The highest BCUT2D eigenvalue weighted by atomic mass is 32.1. The Bertz CT molecular complexity index is 866. The lowest BCUT2D eigenvalue weighted by molar-refractivity contribution is 0.103. The number of nitrogens with zero attached hydrogens (tertiary/aromatic N) is 2. The van der Waals surface area contributed by atoms with E-state index in [9.17, 15) is 4.79 Å². The molecular formula is C18H17N3OS2. The Balaban J connectivity index is 1.47. The van der Waals surface area contributed by atoms with Crippen LogP contribution in [0, 0.1) is 6.92 Å². The zero-order chi connectivity index (χ0) is 16.5. The summed E-state index contributed by atoms with van der Waals surface area (Å²) in [7, 11) is 0. The number of aryl methyl sites for hydroxylation is 1. The highest BCUT2D eigenvalue weighted by Gasteiger charge is 2.26. The molecule has 1 amide bonds. The number of carbonyl (C=O) groups excluding carboxylic acids is 1. The van der Waals surface area contributed by atoms with Gasteiger partial charge in [0.25, 0.3) is 5.91 Å². The van der Waals surface area contributed by atoms with Crippen LogP contribution in [0.4, 0.5) is 5.13 Å². The Morgan fingerprint density at radius 1 is 1.25 bits per heavy atom. The molecule has 1 aliphatic carbocycles. The van der Waals surface area contributed by atoms with Crippen molar-refractivity contribution in [2.45, 2.75) is 32.1 Å². The van der Waals surface area contributed by atoms with Gasteiger partial charge in [0.05, 0.1) is 16.4 Å². The topological polar surface area (TPSA) is 54.9 Å². The standard InChI is InChI=1S/C18H17N3OS2/c1-11-16(24-15(19-11)9-12-5-3-2-4-6-12)17(22)21-18-20-14(10-23-18)13-7-8-13/h2-6,10,13H,7-9H2,1H3,(H,20,21,22). The van der Waals surface area contributed by atoms with Crippen molar-refractivity contribution in [3.8, 4) is 0 Å². The zero-order valence-electron chi connectivity index (χ0n) is 13.3. The van der Waals surface area contributed by atoms with Gasteiger partial charge in [-0.15, -0.1) is 22.7 Å². The monoisotopic (exact) mass is 355 g/mol. The summed E-state index contributed by atoms with van der Waals surface area (Å²) >= 11 is 2.96. The molecule has 24 heavy (non-hydrogen) atoms. The number of hydrogen-bond donors (Lipinski definition) is 1. The number of rotatable bonds is 5. The van der Waals surface area contributed by atoms with Crippen molar-refractivity contribution in [2.75, 3.05) is 5.32 Å². The Morgan fingerprint density at radius 3 is 2.79 bits per heavy atom. The van der Waals surface area contributed by atoms with E-state index in [1.165, 1.54) is 41.1 Å². The predicted octanol–water partition coefficient (Wildman–Crippen LogP) is 4.63. The first-order valence-corrected chi connectivity index (χ1v) is 9.65. The molecule has 1 aliphatic rings. The van der Waals surface area contributed by atoms with Crippen LogP contribution in [0.1, 0.15) is 50.4 Å². The molecule has 0 spiro atoms. The molecule has 4 rings (SSSR count). The minimum Gasteiger partial charge on any atom is -0.297 e. The van der Waals surface area contributed by atoms with E-state index in [1.807, 2.05) is 30.5 Å². The van der Waals surface area contributed by atoms with Crippen molar-refractivity contribution in [3.05, 3.63) is 62.5 Å². The maximum absolute atomic E-state index is 12.5. The zero-order valence-corrected chi connectivity index (χ0v) is 14.9. The molecule has 3 aromatic rings. The normalized spacial score (nSPS) is 13.9. The second-order valence-corrected chi connectivity index (χ2v) is 7.93. The van der Waals surface area contributed by atoms with Crippen molar-refractivity contribution in [2.24, 2.45) is 0 Å². The third-order valence-electron chi connectivity index (χ3n) is 3.98. The average Bonchev–Trinajstić information content (AvgIpc) is 3.22. The molecule has 0 radical (unpaired) electrons. The van der Waals surface area contributed by atoms with E-state index in [0.717, 1.165) is 22.8 Å². The molecule has 4 nitrogen and oxygen atoms in total. The van der Waals surface area contributed by atoms with Crippen LogP contribution in [0.2, 0.25) is 0 Å². The van der Waals surface area contributed by atoms with E-state index >= 15 is 0 Å².